The van der Waals surface area contributed by atoms with Gasteiger partial charge in [0.15, 0.2) is 5.11 Å². The van der Waals surface area contributed by atoms with Crippen LogP contribution in [0.4, 0.5) is 11.4 Å². The van der Waals surface area contributed by atoms with Crippen molar-refractivity contribution >= 4 is 28.7 Å². The van der Waals surface area contributed by atoms with E-state index in [-0.39, 0.29) is 12.1 Å². The summed E-state index contributed by atoms with van der Waals surface area (Å²) in [4.78, 5) is 12.7. The van der Waals surface area contributed by atoms with Crippen LogP contribution < -0.4 is 15.1 Å². The zero-order valence-electron chi connectivity index (χ0n) is 16.9. The molecule has 2 aliphatic heterocycles. The number of thiocarbonyl (C=S) groups is 1. The van der Waals surface area contributed by atoms with Crippen molar-refractivity contribution in [3.63, 3.8) is 0 Å². The van der Waals surface area contributed by atoms with Gasteiger partial charge in [-0.05, 0) is 67.7 Å². The zero-order chi connectivity index (χ0) is 20.5. The minimum absolute atomic E-state index is 0.00432. The molecule has 5 rings (SSSR count). The highest BCUT2D eigenvalue weighted by molar-refractivity contribution is 7.80. The smallest absolute Gasteiger partial charge is 0.174 e. The second kappa shape index (κ2) is 8.08. The Bertz CT molecular complexity index is 1010. The van der Waals surface area contributed by atoms with Gasteiger partial charge in [-0.25, -0.2) is 0 Å². The van der Waals surface area contributed by atoms with Crippen molar-refractivity contribution in [3.05, 3.63) is 77.9 Å². The molecule has 4 heterocycles. The molecule has 3 aromatic rings. The Kier molecular flexibility index (Phi) is 5.14. The lowest BCUT2D eigenvalue weighted by Gasteiger charge is -2.30. The molecule has 0 unspecified atom stereocenters. The molecule has 0 aliphatic carbocycles. The maximum absolute atomic E-state index is 5.79. The van der Waals surface area contributed by atoms with Crippen LogP contribution in [0.25, 0.3) is 0 Å². The summed E-state index contributed by atoms with van der Waals surface area (Å²) in [6.45, 7) is 5.48. The lowest BCUT2D eigenvalue weighted by molar-refractivity contribution is 0.122. The summed E-state index contributed by atoms with van der Waals surface area (Å²) < 4.78 is 5.47. The summed E-state index contributed by atoms with van der Waals surface area (Å²) in [6.07, 6.45) is 1.83. The van der Waals surface area contributed by atoms with E-state index in [1.54, 1.807) is 0 Å². The molecule has 2 fully saturated rings. The number of morpholine rings is 1. The Morgan fingerprint density at radius 3 is 2.43 bits per heavy atom. The topological polar surface area (TPSA) is 56.4 Å². The first kappa shape index (κ1) is 19.1. The molecule has 2 saturated heterocycles. The van der Waals surface area contributed by atoms with Crippen molar-refractivity contribution in [3.8, 4) is 0 Å². The number of aromatic amines is 1. The van der Waals surface area contributed by atoms with E-state index in [0.29, 0.717) is 5.11 Å². The van der Waals surface area contributed by atoms with E-state index < -0.39 is 0 Å². The number of anilines is 2. The molecule has 154 valence electrons. The molecule has 7 heteroatoms. The van der Waals surface area contributed by atoms with Crippen LogP contribution in [0, 0.1) is 6.92 Å². The molecule has 0 saturated carbocycles. The van der Waals surface area contributed by atoms with Gasteiger partial charge in [-0.3, -0.25) is 4.98 Å². The first-order valence-corrected chi connectivity index (χ1v) is 10.7. The monoisotopic (exact) mass is 419 g/mol. The average Bonchev–Trinajstić information content (AvgIpc) is 3.38. The van der Waals surface area contributed by atoms with Crippen molar-refractivity contribution < 1.29 is 4.74 Å². The van der Waals surface area contributed by atoms with Crippen LogP contribution in [-0.2, 0) is 4.74 Å². The van der Waals surface area contributed by atoms with Gasteiger partial charge in [-0.1, -0.05) is 6.07 Å². The second-order valence-electron chi connectivity index (χ2n) is 7.71. The van der Waals surface area contributed by atoms with Gasteiger partial charge < -0.3 is 24.8 Å². The molecular weight excluding hydrogens is 394 g/mol. The van der Waals surface area contributed by atoms with E-state index >= 15 is 0 Å². The van der Waals surface area contributed by atoms with Gasteiger partial charge in [0.25, 0.3) is 0 Å². The van der Waals surface area contributed by atoms with E-state index in [1.165, 1.54) is 5.69 Å². The van der Waals surface area contributed by atoms with Crippen LogP contribution in [0.1, 0.15) is 29.2 Å². The molecule has 2 aromatic heterocycles. The fraction of sp³-hybridized carbons (Fsp3) is 0.304. The lowest BCUT2D eigenvalue weighted by Crippen LogP contribution is -2.36. The van der Waals surface area contributed by atoms with Crippen molar-refractivity contribution in [2.24, 2.45) is 0 Å². The molecule has 6 nitrogen and oxygen atoms in total. The highest BCUT2D eigenvalue weighted by atomic mass is 32.1. The molecule has 0 spiro atoms. The predicted molar refractivity (Wildman–Crippen MR) is 123 cm³/mol. The number of nitrogens with zero attached hydrogens (tertiary/aromatic N) is 3. The minimum atomic E-state index is -0.0318. The Morgan fingerprint density at radius 2 is 1.77 bits per heavy atom. The van der Waals surface area contributed by atoms with Gasteiger partial charge in [-0.2, -0.15) is 0 Å². The fourth-order valence-electron chi connectivity index (χ4n) is 4.29. The number of nitrogens with one attached hydrogen (secondary N) is 2. The molecule has 0 radical (unpaired) electrons. The van der Waals surface area contributed by atoms with E-state index in [9.17, 15) is 0 Å². The minimum Gasteiger partial charge on any atom is -0.378 e. The Balaban J connectivity index is 1.50. The Labute approximate surface area is 181 Å². The van der Waals surface area contributed by atoms with Gasteiger partial charge in [0.05, 0.1) is 24.9 Å². The maximum atomic E-state index is 5.79. The van der Waals surface area contributed by atoms with E-state index in [4.69, 9.17) is 17.0 Å². The molecule has 0 bridgehead atoms. The van der Waals surface area contributed by atoms with E-state index in [2.05, 4.69) is 68.4 Å². The number of pyridine rings is 1. The third-order valence-electron chi connectivity index (χ3n) is 5.78. The molecular formula is C23H25N5OS. The fourth-order valence-corrected chi connectivity index (χ4v) is 4.64. The van der Waals surface area contributed by atoms with E-state index in [0.717, 1.165) is 49.1 Å². The van der Waals surface area contributed by atoms with Crippen LogP contribution in [0.5, 0.6) is 0 Å². The quantitative estimate of drug-likeness (QED) is 0.629. The van der Waals surface area contributed by atoms with Crippen molar-refractivity contribution in [1.82, 2.24) is 15.3 Å². The lowest BCUT2D eigenvalue weighted by atomic mass is 10.0. The van der Waals surface area contributed by atoms with Crippen LogP contribution in [0.2, 0.25) is 0 Å². The maximum Gasteiger partial charge on any atom is 0.174 e. The number of aryl methyl sites for hydroxylation is 1. The average molecular weight is 420 g/mol. The Morgan fingerprint density at radius 1 is 1.00 bits per heavy atom. The summed E-state index contributed by atoms with van der Waals surface area (Å²) in [5.74, 6) is 0. The number of aromatic nitrogens is 2. The van der Waals surface area contributed by atoms with E-state index in [1.807, 2.05) is 24.4 Å². The van der Waals surface area contributed by atoms with Gasteiger partial charge >= 0.3 is 0 Å². The van der Waals surface area contributed by atoms with Crippen LogP contribution >= 0.6 is 12.2 Å². The van der Waals surface area contributed by atoms with Crippen molar-refractivity contribution in [2.45, 2.75) is 19.0 Å². The van der Waals surface area contributed by atoms with Gasteiger partial charge in [-0.15, -0.1) is 0 Å². The zero-order valence-corrected chi connectivity index (χ0v) is 17.7. The molecule has 2 aliphatic rings. The molecule has 1 aromatic carbocycles. The summed E-state index contributed by atoms with van der Waals surface area (Å²) >= 11 is 5.79. The number of hydrogen-bond acceptors (Lipinski definition) is 4. The third kappa shape index (κ3) is 3.55. The predicted octanol–water partition coefficient (Wildman–Crippen LogP) is 3.73. The molecule has 0 amide bonds. The van der Waals surface area contributed by atoms with Crippen molar-refractivity contribution in [1.29, 1.82) is 0 Å². The highest BCUT2D eigenvalue weighted by Gasteiger charge is 2.41. The van der Waals surface area contributed by atoms with Gasteiger partial charge in [0.2, 0.25) is 0 Å². The molecule has 30 heavy (non-hydrogen) atoms. The Hall–Kier alpha value is -2.90. The summed E-state index contributed by atoms with van der Waals surface area (Å²) in [6, 6.07) is 18.9. The van der Waals surface area contributed by atoms with Crippen LogP contribution in [0.3, 0.4) is 0 Å². The number of rotatable bonds is 4. The van der Waals surface area contributed by atoms with Gasteiger partial charge in [0, 0.05) is 42.0 Å². The number of ether oxygens (including phenoxy) is 1. The number of H-pyrrole nitrogens is 1. The molecule has 2 N–H and O–H groups in total. The van der Waals surface area contributed by atoms with Gasteiger partial charge in [0.1, 0.15) is 6.04 Å². The summed E-state index contributed by atoms with van der Waals surface area (Å²) in [5, 5.41) is 4.21. The first-order valence-electron chi connectivity index (χ1n) is 10.3. The summed E-state index contributed by atoms with van der Waals surface area (Å²) in [5.41, 5.74) is 5.51. The van der Waals surface area contributed by atoms with Crippen molar-refractivity contribution in [2.75, 3.05) is 36.1 Å². The number of hydrogen-bond donors (Lipinski definition) is 2. The first-order chi connectivity index (χ1) is 14.7. The highest BCUT2D eigenvalue weighted by Crippen LogP contribution is 2.41. The summed E-state index contributed by atoms with van der Waals surface area (Å²) in [7, 11) is 0. The largest absolute Gasteiger partial charge is 0.378 e. The van der Waals surface area contributed by atoms with Crippen LogP contribution in [0.15, 0.2) is 60.8 Å². The number of benzene rings is 1. The second-order valence-corrected chi connectivity index (χ2v) is 8.10. The third-order valence-corrected chi connectivity index (χ3v) is 6.09. The van der Waals surface area contributed by atoms with Crippen LogP contribution in [-0.4, -0.2) is 41.4 Å². The SMILES string of the molecule is Cc1ccc([C@H]2[C@@H](c3ccccn3)NC(=S)N2c2ccc(N3CCOCC3)cc2)[nH]1. The normalized spacial score (nSPS) is 21.7. The molecule has 2 atom stereocenters. The standard InChI is InChI=1S/C23H25N5OS/c1-16-5-10-20(25-16)22-21(19-4-2-3-11-24-19)26-23(30)28(22)18-8-6-17(7-9-18)27-12-14-29-15-13-27/h2-11,21-22,25H,12-15H2,1H3,(H,26,30)/t21-,22+/m1/s1.